The van der Waals surface area contributed by atoms with Crippen molar-refractivity contribution < 1.29 is 9.53 Å². The first kappa shape index (κ1) is 24.3. The minimum Gasteiger partial charge on any atom is -0.377 e. The highest BCUT2D eigenvalue weighted by Crippen LogP contribution is 2.31. The molecule has 11 heteroatoms. The third-order valence-corrected chi connectivity index (χ3v) is 7.90. The molecule has 0 saturated carbocycles. The topological polar surface area (TPSA) is 94.5 Å². The van der Waals surface area contributed by atoms with Gasteiger partial charge in [0.2, 0.25) is 5.91 Å². The minimum absolute atomic E-state index is 0.0955. The normalized spacial score (nSPS) is 16.6. The van der Waals surface area contributed by atoms with Gasteiger partial charge in [0.25, 0.3) is 0 Å². The summed E-state index contributed by atoms with van der Waals surface area (Å²) in [5.74, 6) is 0.940. The van der Waals surface area contributed by atoms with Crippen molar-refractivity contribution in [1.82, 2.24) is 39.2 Å². The van der Waals surface area contributed by atoms with E-state index in [1.54, 1.807) is 0 Å². The van der Waals surface area contributed by atoms with Crippen LogP contribution in [0, 0.1) is 6.92 Å². The van der Waals surface area contributed by atoms with E-state index in [1.807, 2.05) is 31.2 Å². The number of benzene rings is 1. The lowest BCUT2D eigenvalue weighted by molar-refractivity contribution is -0.125. The molecular weight excluding hydrogens is 516 g/mol. The monoisotopic (exact) mass is 544 g/mol. The van der Waals surface area contributed by atoms with Crippen LogP contribution in [0.15, 0.2) is 54.7 Å². The number of pyridine rings is 1. The van der Waals surface area contributed by atoms with Gasteiger partial charge in [-0.1, -0.05) is 23.7 Å². The molecule has 200 valence electrons. The summed E-state index contributed by atoms with van der Waals surface area (Å²) in [5.41, 5.74) is 6.00. The number of carbonyl (C=O) groups is 1. The maximum atomic E-state index is 12.1. The Labute approximate surface area is 230 Å². The Morgan fingerprint density at radius 1 is 1.10 bits per heavy atom. The van der Waals surface area contributed by atoms with Gasteiger partial charge in [-0.05, 0) is 48.9 Å². The van der Waals surface area contributed by atoms with Gasteiger partial charge in [-0.25, -0.2) is 0 Å². The Morgan fingerprint density at radius 3 is 2.77 bits per heavy atom. The first-order valence-corrected chi connectivity index (χ1v) is 13.6. The Bertz CT molecular complexity index is 1680. The number of rotatable bonds is 8. The molecule has 5 aromatic rings. The van der Waals surface area contributed by atoms with Crippen LogP contribution in [0.1, 0.15) is 23.9 Å². The SMILES string of the molecule is Cc1nnc2ccc3c(cc(-c4ccn(C5CN(CCC(=O)NC6COC6)C5)n4)n3Cc3cccc(Cl)c3)n12. The van der Waals surface area contributed by atoms with Crippen LogP contribution in [-0.2, 0) is 16.1 Å². The molecule has 39 heavy (non-hydrogen) atoms. The van der Waals surface area contributed by atoms with Crippen LogP contribution in [0.2, 0.25) is 5.02 Å². The largest absolute Gasteiger partial charge is 0.377 e. The van der Waals surface area contributed by atoms with Crippen LogP contribution in [-0.4, -0.2) is 78.6 Å². The van der Waals surface area contributed by atoms with E-state index in [4.69, 9.17) is 21.4 Å². The molecule has 2 aliphatic heterocycles. The average Bonchev–Trinajstić information content (AvgIpc) is 3.58. The zero-order chi connectivity index (χ0) is 26.5. The van der Waals surface area contributed by atoms with Gasteiger partial charge < -0.3 is 14.6 Å². The Balaban J connectivity index is 1.13. The predicted octanol–water partition coefficient (Wildman–Crippen LogP) is 3.32. The summed E-state index contributed by atoms with van der Waals surface area (Å²) in [6, 6.07) is 16.8. The number of fused-ring (bicyclic) bond motifs is 3. The lowest BCUT2D eigenvalue weighted by atomic mass is 10.1. The number of hydrogen-bond donors (Lipinski definition) is 1. The van der Waals surface area contributed by atoms with E-state index in [9.17, 15) is 4.79 Å². The molecule has 1 amide bonds. The predicted molar refractivity (Wildman–Crippen MR) is 148 cm³/mol. The van der Waals surface area contributed by atoms with Crippen LogP contribution < -0.4 is 5.32 Å². The molecule has 0 radical (unpaired) electrons. The van der Waals surface area contributed by atoms with E-state index in [0.29, 0.717) is 32.2 Å². The Kier molecular flexibility index (Phi) is 6.10. The second-order valence-corrected chi connectivity index (χ2v) is 10.9. The van der Waals surface area contributed by atoms with Gasteiger partial charge in [-0.3, -0.25) is 18.8 Å². The maximum Gasteiger partial charge on any atom is 0.221 e. The van der Waals surface area contributed by atoms with Crippen molar-refractivity contribution >= 4 is 34.2 Å². The number of hydrogen-bond acceptors (Lipinski definition) is 6. The summed E-state index contributed by atoms with van der Waals surface area (Å²) < 4.78 is 11.5. The molecule has 7 rings (SSSR count). The van der Waals surface area contributed by atoms with Crippen LogP contribution in [0.3, 0.4) is 0 Å². The number of nitrogens with zero attached hydrogens (tertiary/aromatic N) is 7. The first-order valence-electron chi connectivity index (χ1n) is 13.3. The van der Waals surface area contributed by atoms with E-state index in [0.717, 1.165) is 64.1 Å². The third-order valence-electron chi connectivity index (χ3n) is 7.67. The van der Waals surface area contributed by atoms with Crippen molar-refractivity contribution in [3.05, 3.63) is 71.1 Å². The number of amides is 1. The van der Waals surface area contributed by atoms with E-state index in [1.165, 1.54) is 0 Å². The van der Waals surface area contributed by atoms with Gasteiger partial charge >= 0.3 is 0 Å². The number of halogens is 1. The highest BCUT2D eigenvalue weighted by molar-refractivity contribution is 6.30. The van der Waals surface area contributed by atoms with Gasteiger partial charge in [-0.2, -0.15) is 5.10 Å². The van der Waals surface area contributed by atoms with Crippen molar-refractivity contribution in [3.8, 4) is 11.4 Å². The number of aryl methyl sites for hydroxylation is 1. The van der Waals surface area contributed by atoms with E-state index >= 15 is 0 Å². The number of nitrogens with one attached hydrogen (secondary N) is 1. The van der Waals surface area contributed by atoms with Crippen molar-refractivity contribution in [2.24, 2.45) is 0 Å². The number of ether oxygens (including phenoxy) is 1. The molecular formula is C28H29ClN8O2. The second kappa shape index (κ2) is 9.78. The molecule has 6 heterocycles. The summed E-state index contributed by atoms with van der Waals surface area (Å²) in [6.45, 7) is 6.40. The zero-order valence-corrected chi connectivity index (χ0v) is 22.4. The fourth-order valence-corrected chi connectivity index (χ4v) is 5.70. The molecule has 2 aliphatic rings. The quantitative estimate of drug-likeness (QED) is 0.322. The summed E-state index contributed by atoms with van der Waals surface area (Å²) in [5, 5.41) is 17.3. The van der Waals surface area contributed by atoms with Crippen LogP contribution in [0.5, 0.6) is 0 Å². The molecule has 1 aromatic carbocycles. The molecule has 0 unspecified atom stereocenters. The molecule has 0 bridgehead atoms. The summed E-state index contributed by atoms with van der Waals surface area (Å²) in [6.07, 6.45) is 2.57. The standard InChI is InChI=1S/C28H29ClN8O2/c1-18-31-32-27-6-5-24-26(37(18)27)12-25(35(24)13-19-3-2-4-20(29)11-19)23-7-10-36(33-23)22-14-34(15-22)9-8-28(38)30-21-16-39-17-21/h2-7,10-12,21-22H,8-9,13-17H2,1H3,(H,30,38). The number of aromatic nitrogens is 6. The first-order chi connectivity index (χ1) is 19.0. The van der Waals surface area contributed by atoms with E-state index in [-0.39, 0.29) is 11.9 Å². The Morgan fingerprint density at radius 2 is 1.97 bits per heavy atom. The highest BCUT2D eigenvalue weighted by atomic mass is 35.5. The second-order valence-electron chi connectivity index (χ2n) is 10.4. The lowest BCUT2D eigenvalue weighted by Gasteiger charge is -2.39. The molecule has 4 aromatic heterocycles. The van der Waals surface area contributed by atoms with E-state index < -0.39 is 0 Å². The van der Waals surface area contributed by atoms with Crippen LogP contribution in [0.25, 0.3) is 28.1 Å². The van der Waals surface area contributed by atoms with Crippen molar-refractivity contribution in [1.29, 1.82) is 0 Å². The number of carbonyl (C=O) groups excluding carboxylic acids is 1. The minimum atomic E-state index is 0.0955. The van der Waals surface area contributed by atoms with Crippen LogP contribution in [0.4, 0.5) is 0 Å². The van der Waals surface area contributed by atoms with Crippen LogP contribution >= 0.6 is 11.6 Å². The molecule has 2 fully saturated rings. The fourth-order valence-electron chi connectivity index (χ4n) is 5.49. The Hall–Kier alpha value is -3.73. The van der Waals surface area contributed by atoms with Crippen molar-refractivity contribution in [2.45, 2.75) is 32.0 Å². The zero-order valence-electron chi connectivity index (χ0n) is 21.6. The van der Waals surface area contributed by atoms with Crippen molar-refractivity contribution in [2.75, 3.05) is 32.8 Å². The molecule has 0 aliphatic carbocycles. The van der Waals surface area contributed by atoms with Gasteiger partial charge in [-0.15, -0.1) is 10.2 Å². The molecule has 0 spiro atoms. The third kappa shape index (κ3) is 4.58. The average molecular weight is 545 g/mol. The molecule has 0 atom stereocenters. The maximum absolute atomic E-state index is 12.1. The fraction of sp³-hybridized carbons (Fsp3) is 0.357. The van der Waals surface area contributed by atoms with Crippen molar-refractivity contribution in [3.63, 3.8) is 0 Å². The van der Waals surface area contributed by atoms with Gasteiger partial charge in [0.15, 0.2) is 5.65 Å². The summed E-state index contributed by atoms with van der Waals surface area (Å²) >= 11 is 6.31. The van der Waals surface area contributed by atoms with Gasteiger partial charge in [0.05, 0.1) is 42.0 Å². The molecule has 1 N–H and O–H groups in total. The summed E-state index contributed by atoms with van der Waals surface area (Å²) in [7, 11) is 0. The summed E-state index contributed by atoms with van der Waals surface area (Å²) in [4.78, 5) is 14.4. The lowest BCUT2D eigenvalue weighted by Crippen LogP contribution is -2.51. The number of likely N-dealkylation sites (tertiary alicyclic amines) is 1. The smallest absolute Gasteiger partial charge is 0.221 e. The molecule has 10 nitrogen and oxygen atoms in total. The highest BCUT2D eigenvalue weighted by Gasteiger charge is 2.30. The van der Waals surface area contributed by atoms with Gasteiger partial charge in [0, 0.05) is 43.8 Å². The van der Waals surface area contributed by atoms with E-state index in [2.05, 4.69) is 64.5 Å². The molecule has 2 saturated heterocycles. The van der Waals surface area contributed by atoms with Gasteiger partial charge in [0.1, 0.15) is 11.5 Å².